The van der Waals surface area contributed by atoms with Crippen molar-refractivity contribution < 1.29 is 14.7 Å². The molecule has 198 valence electrons. The summed E-state index contributed by atoms with van der Waals surface area (Å²) >= 11 is 1.61. The van der Waals surface area contributed by atoms with Crippen molar-refractivity contribution in [1.82, 2.24) is 5.43 Å². The molecule has 7 nitrogen and oxygen atoms in total. The average molecular weight is 531 g/mol. The number of hydrogen-bond acceptors (Lipinski definition) is 6. The van der Waals surface area contributed by atoms with Crippen LogP contribution in [0, 0.1) is 13.8 Å². The molecule has 1 aliphatic heterocycles. The van der Waals surface area contributed by atoms with Gasteiger partial charge in [0.15, 0.2) is 0 Å². The van der Waals surface area contributed by atoms with Crippen LogP contribution in [0.1, 0.15) is 55.8 Å². The molecule has 1 saturated heterocycles. The van der Waals surface area contributed by atoms with E-state index in [4.69, 9.17) is 5.11 Å². The lowest BCUT2D eigenvalue weighted by molar-refractivity contribution is 0.0956. The van der Waals surface area contributed by atoms with E-state index in [0.717, 1.165) is 48.3 Å². The highest BCUT2D eigenvalue weighted by atomic mass is 32.2. The SMILES string of the molecule is Cc1ccc(/C=N/NC(=O)c2cc(N3CCCC3)ccc2NC(=O)c2cccc(CSCCO)c2)cc1C. The molecule has 0 aromatic heterocycles. The van der Waals surface area contributed by atoms with Crippen LogP contribution in [-0.2, 0) is 5.75 Å². The van der Waals surface area contributed by atoms with Crippen molar-refractivity contribution in [2.75, 3.05) is 35.7 Å². The second kappa shape index (κ2) is 13.3. The van der Waals surface area contributed by atoms with Gasteiger partial charge in [-0.3, -0.25) is 9.59 Å². The van der Waals surface area contributed by atoms with Gasteiger partial charge < -0.3 is 15.3 Å². The number of amides is 2. The minimum absolute atomic E-state index is 0.123. The molecule has 1 aliphatic rings. The number of benzene rings is 3. The Hall–Kier alpha value is -3.62. The summed E-state index contributed by atoms with van der Waals surface area (Å²) in [6.45, 7) is 6.09. The maximum atomic E-state index is 13.2. The highest BCUT2D eigenvalue weighted by Gasteiger charge is 2.19. The molecule has 0 atom stereocenters. The molecule has 1 heterocycles. The van der Waals surface area contributed by atoms with Crippen LogP contribution in [0.25, 0.3) is 0 Å². The average Bonchev–Trinajstić information content (AvgIpc) is 3.46. The second-order valence-corrected chi connectivity index (χ2v) is 10.5. The summed E-state index contributed by atoms with van der Waals surface area (Å²) in [5.74, 6) is 0.666. The van der Waals surface area contributed by atoms with Gasteiger partial charge in [-0.25, -0.2) is 5.43 Å². The summed E-state index contributed by atoms with van der Waals surface area (Å²) in [7, 11) is 0. The molecule has 38 heavy (non-hydrogen) atoms. The first-order valence-electron chi connectivity index (χ1n) is 12.8. The van der Waals surface area contributed by atoms with E-state index in [9.17, 15) is 9.59 Å². The second-order valence-electron chi connectivity index (χ2n) is 9.40. The minimum Gasteiger partial charge on any atom is -0.396 e. The maximum Gasteiger partial charge on any atom is 0.273 e. The Bertz CT molecular complexity index is 1320. The Kier molecular flexibility index (Phi) is 9.56. The van der Waals surface area contributed by atoms with Crippen LogP contribution in [0.3, 0.4) is 0 Å². The molecule has 1 fully saturated rings. The van der Waals surface area contributed by atoms with E-state index in [1.54, 1.807) is 30.1 Å². The van der Waals surface area contributed by atoms with E-state index < -0.39 is 5.91 Å². The van der Waals surface area contributed by atoms with Crippen LogP contribution in [0.2, 0.25) is 0 Å². The van der Waals surface area contributed by atoms with Crippen LogP contribution < -0.4 is 15.6 Å². The summed E-state index contributed by atoms with van der Waals surface area (Å²) in [6, 6.07) is 18.9. The van der Waals surface area contributed by atoms with Gasteiger partial charge in [0.1, 0.15) is 0 Å². The van der Waals surface area contributed by atoms with E-state index >= 15 is 0 Å². The predicted molar refractivity (Wildman–Crippen MR) is 157 cm³/mol. The third kappa shape index (κ3) is 7.24. The van der Waals surface area contributed by atoms with Gasteiger partial charge in [0.05, 0.1) is 24.1 Å². The van der Waals surface area contributed by atoms with E-state index in [2.05, 4.69) is 20.7 Å². The van der Waals surface area contributed by atoms with Gasteiger partial charge in [-0.15, -0.1) is 0 Å². The number of carbonyl (C=O) groups is 2. The molecule has 0 aliphatic carbocycles. The fourth-order valence-corrected chi connectivity index (χ4v) is 5.01. The number of aliphatic hydroxyl groups excluding tert-OH is 1. The number of thioether (sulfide) groups is 1. The van der Waals surface area contributed by atoms with Crippen LogP contribution in [0.5, 0.6) is 0 Å². The molecule has 2 amide bonds. The van der Waals surface area contributed by atoms with Gasteiger partial charge in [-0.2, -0.15) is 16.9 Å². The molecule has 4 rings (SSSR count). The maximum absolute atomic E-state index is 13.2. The quantitative estimate of drug-likeness (QED) is 0.192. The number of nitrogens with zero attached hydrogens (tertiary/aromatic N) is 2. The van der Waals surface area contributed by atoms with Gasteiger partial charge in [0, 0.05) is 35.8 Å². The Balaban J connectivity index is 1.53. The summed E-state index contributed by atoms with van der Waals surface area (Å²) < 4.78 is 0. The van der Waals surface area contributed by atoms with Crippen molar-refractivity contribution in [2.45, 2.75) is 32.4 Å². The smallest absolute Gasteiger partial charge is 0.273 e. The van der Waals surface area contributed by atoms with E-state index in [1.807, 2.05) is 62.4 Å². The molecule has 0 unspecified atom stereocenters. The van der Waals surface area contributed by atoms with E-state index in [1.165, 1.54) is 5.56 Å². The zero-order chi connectivity index (χ0) is 26.9. The molecule has 0 spiro atoms. The molecule has 3 aromatic rings. The number of carbonyl (C=O) groups excluding carboxylic acids is 2. The summed E-state index contributed by atoms with van der Waals surface area (Å²) in [4.78, 5) is 28.6. The standard InChI is InChI=1S/C30H34N4O3S/c1-21-8-9-23(16-22(21)2)19-31-33-30(37)27-18-26(34-12-3-4-13-34)10-11-28(27)32-29(36)25-7-5-6-24(17-25)20-38-15-14-35/h5-11,16-19,35H,3-4,12-15,20H2,1-2H3,(H,32,36)(H,33,37)/b31-19+. The third-order valence-electron chi connectivity index (χ3n) is 6.57. The zero-order valence-corrected chi connectivity index (χ0v) is 22.7. The number of hydrogen-bond donors (Lipinski definition) is 3. The number of aryl methyl sites for hydroxylation is 2. The highest BCUT2D eigenvalue weighted by Crippen LogP contribution is 2.27. The highest BCUT2D eigenvalue weighted by molar-refractivity contribution is 7.98. The lowest BCUT2D eigenvalue weighted by atomic mass is 10.1. The summed E-state index contributed by atoms with van der Waals surface area (Å²) in [5, 5.41) is 16.1. The van der Waals surface area contributed by atoms with Gasteiger partial charge in [-0.1, -0.05) is 30.3 Å². The minimum atomic E-state index is -0.393. The zero-order valence-electron chi connectivity index (χ0n) is 21.9. The van der Waals surface area contributed by atoms with Gasteiger partial charge in [0.2, 0.25) is 0 Å². The topological polar surface area (TPSA) is 94.0 Å². The van der Waals surface area contributed by atoms with Crippen molar-refractivity contribution in [3.05, 3.63) is 94.0 Å². The van der Waals surface area contributed by atoms with E-state index in [-0.39, 0.29) is 12.5 Å². The third-order valence-corrected chi connectivity index (χ3v) is 7.58. The lowest BCUT2D eigenvalue weighted by Crippen LogP contribution is -2.23. The summed E-state index contributed by atoms with van der Waals surface area (Å²) in [5.41, 5.74) is 9.11. The first-order valence-corrected chi connectivity index (χ1v) is 14.0. The Labute approximate surface area is 228 Å². The van der Waals surface area contributed by atoms with Crippen molar-refractivity contribution in [1.29, 1.82) is 0 Å². The monoisotopic (exact) mass is 530 g/mol. The van der Waals surface area contributed by atoms with Crippen LogP contribution in [-0.4, -0.2) is 48.6 Å². The largest absolute Gasteiger partial charge is 0.396 e. The Morgan fingerprint density at radius 3 is 2.58 bits per heavy atom. The van der Waals surface area contributed by atoms with Gasteiger partial charge in [-0.05, 0) is 79.3 Å². The van der Waals surface area contributed by atoms with Crippen molar-refractivity contribution in [3.63, 3.8) is 0 Å². The molecular formula is C30H34N4O3S. The molecular weight excluding hydrogens is 496 g/mol. The molecule has 8 heteroatoms. The molecule has 0 saturated carbocycles. The van der Waals surface area contributed by atoms with Crippen LogP contribution in [0.15, 0.2) is 65.8 Å². The molecule has 3 aromatic carbocycles. The molecule has 0 radical (unpaired) electrons. The van der Waals surface area contributed by atoms with Crippen molar-refractivity contribution in [2.24, 2.45) is 5.10 Å². The van der Waals surface area contributed by atoms with E-state index in [0.29, 0.717) is 28.3 Å². The normalized spacial score (nSPS) is 13.2. The number of hydrazone groups is 1. The van der Waals surface area contributed by atoms with Crippen LogP contribution in [0.4, 0.5) is 11.4 Å². The lowest BCUT2D eigenvalue weighted by Gasteiger charge is -2.20. The summed E-state index contributed by atoms with van der Waals surface area (Å²) in [6.07, 6.45) is 3.85. The number of anilines is 2. The number of aliphatic hydroxyl groups is 1. The van der Waals surface area contributed by atoms with Crippen LogP contribution >= 0.6 is 11.8 Å². The first-order chi connectivity index (χ1) is 18.4. The predicted octanol–water partition coefficient (Wildman–Crippen LogP) is 5.15. The van der Waals surface area contributed by atoms with Gasteiger partial charge in [0.25, 0.3) is 11.8 Å². The molecule has 0 bridgehead atoms. The Morgan fingerprint density at radius 1 is 1.00 bits per heavy atom. The fourth-order valence-electron chi connectivity index (χ4n) is 4.32. The number of nitrogens with one attached hydrogen (secondary N) is 2. The van der Waals surface area contributed by atoms with Crippen molar-refractivity contribution >= 4 is 41.2 Å². The fraction of sp³-hybridized carbons (Fsp3) is 0.300. The number of rotatable bonds is 10. The van der Waals surface area contributed by atoms with Gasteiger partial charge >= 0.3 is 0 Å². The van der Waals surface area contributed by atoms with Crippen molar-refractivity contribution in [3.8, 4) is 0 Å². The Morgan fingerprint density at radius 2 is 1.82 bits per heavy atom. The molecule has 3 N–H and O–H groups in total. The first kappa shape index (κ1) is 27.4.